The van der Waals surface area contributed by atoms with Gasteiger partial charge in [0.05, 0.1) is 17.6 Å². The van der Waals surface area contributed by atoms with E-state index in [9.17, 15) is 34.8 Å². The molecular formula is C19H24N2O8. The van der Waals surface area contributed by atoms with E-state index in [1.165, 1.54) is 0 Å². The molecule has 0 saturated carbocycles. The van der Waals surface area contributed by atoms with Gasteiger partial charge in [-0.2, -0.15) is 0 Å². The Labute approximate surface area is 166 Å². The van der Waals surface area contributed by atoms with Crippen molar-refractivity contribution in [3.05, 3.63) is 39.3 Å². The van der Waals surface area contributed by atoms with Crippen LogP contribution in [0.2, 0.25) is 0 Å². The molecule has 0 aliphatic heterocycles. The minimum atomic E-state index is -1.74. The van der Waals surface area contributed by atoms with E-state index in [1.807, 2.05) is 0 Å². The number of fused-ring (bicyclic) bond motifs is 1. The molecule has 29 heavy (non-hydrogen) atoms. The summed E-state index contributed by atoms with van der Waals surface area (Å²) in [5.41, 5.74) is 0.495. The molecule has 1 aromatic carbocycles. The number of nitrogens with zero attached hydrogens (tertiary/aromatic N) is 2. The summed E-state index contributed by atoms with van der Waals surface area (Å²) in [7, 11) is 0. The first-order valence-electron chi connectivity index (χ1n) is 9.01. The largest absolute Gasteiger partial charge is 0.476 e. The summed E-state index contributed by atoms with van der Waals surface area (Å²) in [5.74, 6) is -2.11. The molecule has 1 heterocycles. The predicted molar refractivity (Wildman–Crippen MR) is 102 cm³/mol. The summed E-state index contributed by atoms with van der Waals surface area (Å²) in [6.45, 7) is 4.13. The normalized spacial score (nSPS) is 14.4. The molecule has 0 amide bonds. The number of hydrogen-bond acceptors (Lipinski definition) is 8. The lowest BCUT2D eigenvalue weighted by Crippen LogP contribution is -2.44. The Bertz CT molecular complexity index is 984. The fourth-order valence-electron chi connectivity index (χ4n) is 2.75. The van der Waals surface area contributed by atoms with Crippen LogP contribution in [0.5, 0.6) is 0 Å². The van der Waals surface area contributed by atoms with Crippen molar-refractivity contribution in [2.24, 2.45) is 0 Å². The van der Waals surface area contributed by atoms with Gasteiger partial charge in [-0.15, -0.1) is 0 Å². The van der Waals surface area contributed by atoms with Gasteiger partial charge >= 0.3 is 11.9 Å². The van der Waals surface area contributed by atoms with Gasteiger partial charge in [0.1, 0.15) is 24.9 Å². The second-order valence-corrected chi connectivity index (χ2v) is 6.77. The van der Waals surface area contributed by atoms with E-state index in [1.54, 1.807) is 32.9 Å². The van der Waals surface area contributed by atoms with Crippen LogP contribution >= 0.6 is 0 Å². The maximum Gasteiger partial charge on any atom is 0.360 e. The van der Waals surface area contributed by atoms with Crippen molar-refractivity contribution in [1.29, 1.82) is 0 Å². The van der Waals surface area contributed by atoms with E-state index in [0.717, 1.165) is 15.7 Å². The van der Waals surface area contributed by atoms with E-state index >= 15 is 0 Å². The summed E-state index contributed by atoms with van der Waals surface area (Å²) in [6, 6.07) is 3.25. The number of esters is 1. The van der Waals surface area contributed by atoms with Crippen molar-refractivity contribution in [1.82, 2.24) is 9.55 Å². The molecule has 10 nitrogen and oxygen atoms in total. The number of aromatic nitrogens is 2. The molecule has 0 unspecified atom stereocenters. The molecule has 158 valence electrons. The zero-order valence-corrected chi connectivity index (χ0v) is 16.3. The van der Waals surface area contributed by atoms with Gasteiger partial charge in [0.25, 0.3) is 5.56 Å². The van der Waals surface area contributed by atoms with E-state index in [2.05, 4.69) is 4.98 Å². The van der Waals surface area contributed by atoms with Crippen LogP contribution in [0, 0.1) is 13.8 Å². The molecule has 4 N–H and O–H groups in total. The predicted octanol–water partition coefficient (Wildman–Crippen LogP) is -0.253. The number of aliphatic hydroxyl groups excluding tert-OH is 3. The van der Waals surface area contributed by atoms with Gasteiger partial charge in [-0.3, -0.25) is 9.59 Å². The number of aliphatic hydroxyl groups is 3. The molecule has 1 aromatic heterocycles. The highest BCUT2D eigenvalue weighted by atomic mass is 16.5. The van der Waals surface area contributed by atoms with Crippen LogP contribution in [-0.2, 0) is 16.1 Å². The molecule has 0 bridgehead atoms. The number of aryl methyl sites for hydroxylation is 2. The van der Waals surface area contributed by atoms with E-state index in [0.29, 0.717) is 0 Å². The summed E-state index contributed by atoms with van der Waals surface area (Å²) < 4.78 is 5.73. The highest BCUT2D eigenvalue weighted by Gasteiger charge is 2.28. The van der Waals surface area contributed by atoms with Crippen molar-refractivity contribution >= 4 is 23.0 Å². The van der Waals surface area contributed by atoms with Crippen LogP contribution in [0.25, 0.3) is 11.0 Å². The Balaban J connectivity index is 2.40. The van der Waals surface area contributed by atoms with Crippen molar-refractivity contribution in [3.63, 3.8) is 0 Å². The molecule has 10 heteroatoms. The number of hydrogen-bond donors (Lipinski definition) is 4. The lowest BCUT2D eigenvalue weighted by molar-refractivity contribution is -0.151. The van der Waals surface area contributed by atoms with Crippen molar-refractivity contribution in [3.8, 4) is 0 Å². The lowest BCUT2D eigenvalue weighted by Gasteiger charge is -2.24. The maximum atomic E-state index is 12.6. The Hall–Kier alpha value is -2.82. The van der Waals surface area contributed by atoms with Crippen LogP contribution in [0.1, 0.15) is 35.0 Å². The van der Waals surface area contributed by atoms with E-state index in [4.69, 9.17) is 4.74 Å². The number of benzene rings is 1. The van der Waals surface area contributed by atoms with Crippen LogP contribution in [0.15, 0.2) is 16.9 Å². The molecule has 0 aliphatic carbocycles. The number of carbonyl (C=O) groups is 2. The molecule has 3 atom stereocenters. The number of carbonyl (C=O) groups excluding carboxylic acids is 1. The van der Waals surface area contributed by atoms with Gasteiger partial charge in [0, 0.05) is 6.42 Å². The number of ether oxygens (including phenoxy) is 1. The van der Waals surface area contributed by atoms with Crippen molar-refractivity contribution in [2.45, 2.75) is 52.0 Å². The third kappa shape index (κ3) is 4.97. The summed E-state index contributed by atoms with van der Waals surface area (Å²) in [5, 5.41) is 39.7. The number of carboxylic acid groups (broad SMARTS) is 1. The lowest BCUT2D eigenvalue weighted by atomic mass is 10.1. The highest BCUT2D eigenvalue weighted by molar-refractivity contribution is 5.88. The van der Waals surface area contributed by atoms with Crippen LogP contribution in [0.4, 0.5) is 0 Å². The Morgan fingerprint density at radius 2 is 1.76 bits per heavy atom. The van der Waals surface area contributed by atoms with E-state index in [-0.39, 0.29) is 17.5 Å². The van der Waals surface area contributed by atoms with Gasteiger partial charge in [-0.05, 0) is 37.1 Å². The smallest absolute Gasteiger partial charge is 0.360 e. The quantitative estimate of drug-likeness (QED) is 0.432. The second kappa shape index (κ2) is 9.12. The zero-order chi connectivity index (χ0) is 21.9. The molecule has 0 fully saturated rings. The maximum absolute atomic E-state index is 12.6. The molecular weight excluding hydrogens is 384 g/mol. The molecule has 2 aromatic rings. The fourth-order valence-corrected chi connectivity index (χ4v) is 2.75. The van der Waals surface area contributed by atoms with Gasteiger partial charge in [0.15, 0.2) is 0 Å². The Morgan fingerprint density at radius 3 is 2.34 bits per heavy atom. The first-order valence-corrected chi connectivity index (χ1v) is 9.01. The monoisotopic (exact) mass is 408 g/mol. The van der Waals surface area contributed by atoms with Gasteiger partial charge < -0.3 is 29.7 Å². The topological polar surface area (TPSA) is 159 Å². The standard InChI is InChI=1S/C19H24N2O8/c1-4-15(24)29-8-14(23)17(25)13(22)7-21-12-6-10(3)9(2)5-11(12)20-16(18(21)26)19(27)28/h5-6,13-14,17,22-23,25H,4,7-8H2,1-3H3,(H,27,28)/t13-,14+,17-/m0/s1. The third-order valence-corrected chi connectivity index (χ3v) is 4.63. The number of rotatable bonds is 8. The molecule has 2 rings (SSSR count). The van der Waals surface area contributed by atoms with Crippen molar-refractivity contribution < 1.29 is 34.8 Å². The number of aromatic carboxylic acids is 1. The molecule has 0 radical (unpaired) electrons. The molecule has 0 saturated heterocycles. The minimum absolute atomic E-state index is 0.0838. The zero-order valence-electron chi connectivity index (χ0n) is 16.3. The van der Waals surface area contributed by atoms with Gasteiger partial charge in [-0.25, -0.2) is 9.78 Å². The van der Waals surface area contributed by atoms with Crippen LogP contribution in [-0.4, -0.2) is 66.8 Å². The number of carboxylic acids is 1. The van der Waals surface area contributed by atoms with Gasteiger partial charge in [0.2, 0.25) is 5.69 Å². The summed E-state index contributed by atoms with van der Waals surface area (Å²) in [4.78, 5) is 39.1. The average Bonchev–Trinajstić information content (AvgIpc) is 2.68. The van der Waals surface area contributed by atoms with Crippen LogP contribution < -0.4 is 5.56 Å². The highest BCUT2D eigenvalue weighted by Crippen LogP contribution is 2.18. The SMILES string of the molecule is CCC(=O)OC[C@@H](O)[C@@H](O)[C@@H](O)Cn1c(=O)c(C(=O)O)nc2cc(C)c(C)cc21. The third-order valence-electron chi connectivity index (χ3n) is 4.63. The summed E-state index contributed by atoms with van der Waals surface area (Å²) in [6.07, 6.45) is -4.89. The molecule has 0 spiro atoms. The fraction of sp³-hybridized carbons (Fsp3) is 0.474. The Kier molecular flexibility index (Phi) is 7.07. The first-order chi connectivity index (χ1) is 13.6. The van der Waals surface area contributed by atoms with E-state index < -0.39 is 54.7 Å². The summed E-state index contributed by atoms with van der Waals surface area (Å²) >= 11 is 0. The second-order valence-electron chi connectivity index (χ2n) is 6.77. The first kappa shape index (κ1) is 22.5. The minimum Gasteiger partial charge on any atom is -0.476 e. The molecule has 0 aliphatic rings. The average molecular weight is 408 g/mol. The van der Waals surface area contributed by atoms with Gasteiger partial charge in [-0.1, -0.05) is 6.92 Å². The Morgan fingerprint density at radius 1 is 1.14 bits per heavy atom. The van der Waals surface area contributed by atoms with Crippen LogP contribution in [0.3, 0.4) is 0 Å². The van der Waals surface area contributed by atoms with Crippen molar-refractivity contribution in [2.75, 3.05) is 6.61 Å².